The fourth-order valence-corrected chi connectivity index (χ4v) is 1.72. The van der Waals surface area contributed by atoms with E-state index in [-0.39, 0.29) is 6.54 Å². The number of nitrogens with one attached hydrogen (secondary N) is 1. The number of carbonyl (C=O) groups excluding carboxylic acids is 1. The van der Waals surface area contributed by atoms with Crippen molar-refractivity contribution in [3.63, 3.8) is 0 Å². The highest BCUT2D eigenvalue weighted by Gasteiger charge is 2.09. The van der Waals surface area contributed by atoms with E-state index in [9.17, 15) is 9.90 Å². The molecule has 1 atom stereocenters. The van der Waals surface area contributed by atoms with Crippen molar-refractivity contribution in [2.75, 3.05) is 13.2 Å². The van der Waals surface area contributed by atoms with Crippen LogP contribution in [0.25, 0.3) is 0 Å². The molecule has 0 heterocycles. The molecule has 0 aliphatic carbocycles. The van der Waals surface area contributed by atoms with E-state index in [1.54, 1.807) is 0 Å². The van der Waals surface area contributed by atoms with E-state index < -0.39 is 12.2 Å². The van der Waals surface area contributed by atoms with Gasteiger partial charge in [0.25, 0.3) is 0 Å². The lowest BCUT2D eigenvalue weighted by Gasteiger charge is -2.12. The highest BCUT2D eigenvalue weighted by Crippen LogP contribution is 2.10. The summed E-state index contributed by atoms with van der Waals surface area (Å²) in [6.45, 7) is 2.74. The van der Waals surface area contributed by atoms with Gasteiger partial charge in [-0.15, -0.1) is 0 Å². The van der Waals surface area contributed by atoms with Gasteiger partial charge < -0.3 is 15.2 Å². The second kappa shape index (κ2) is 9.39. The summed E-state index contributed by atoms with van der Waals surface area (Å²) in [5.74, 6) is 0. The molecule has 0 saturated carbocycles. The molecule has 0 aromatic heterocycles. The molecule has 0 spiro atoms. The fraction of sp³-hybridized carbons (Fsp3) is 0.533. The Labute approximate surface area is 114 Å². The van der Waals surface area contributed by atoms with Crippen LogP contribution in [0.4, 0.5) is 4.79 Å². The second-order valence-electron chi connectivity index (χ2n) is 4.50. The first-order valence-corrected chi connectivity index (χ1v) is 6.87. The molecule has 19 heavy (non-hydrogen) atoms. The molecule has 0 unspecified atom stereocenters. The summed E-state index contributed by atoms with van der Waals surface area (Å²) in [6, 6.07) is 9.23. The predicted molar refractivity (Wildman–Crippen MR) is 74.9 cm³/mol. The number of rotatable bonds is 8. The van der Waals surface area contributed by atoms with Gasteiger partial charge in [0, 0.05) is 0 Å². The highest BCUT2D eigenvalue weighted by molar-refractivity contribution is 5.67. The zero-order valence-electron chi connectivity index (χ0n) is 11.5. The Morgan fingerprint density at radius 2 is 2.00 bits per heavy atom. The maximum Gasteiger partial charge on any atom is 0.407 e. The predicted octanol–water partition coefficient (Wildman–Crippen LogP) is 3.03. The third-order valence-electron chi connectivity index (χ3n) is 2.86. The minimum absolute atomic E-state index is 0.164. The molecule has 1 amide bonds. The molecule has 1 aromatic carbocycles. The number of carbonyl (C=O) groups is 1. The van der Waals surface area contributed by atoms with E-state index in [0.717, 1.165) is 31.2 Å². The lowest BCUT2D eigenvalue weighted by atomic mass is 10.1. The van der Waals surface area contributed by atoms with Gasteiger partial charge in [-0.2, -0.15) is 0 Å². The smallest absolute Gasteiger partial charge is 0.407 e. The van der Waals surface area contributed by atoms with Crippen molar-refractivity contribution in [3.8, 4) is 0 Å². The van der Waals surface area contributed by atoms with Gasteiger partial charge in [-0.05, 0) is 12.0 Å². The standard InChI is InChI=1S/C15H23NO3/c1-2-3-4-8-11-19-15(18)16-12-14(17)13-9-6-5-7-10-13/h5-7,9-10,14,17H,2-4,8,11-12H2,1H3,(H,16,18)/t14-/m1/s1. The first-order valence-electron chi connectivity index (χ1n) is 6.87. The zero-order valence-corrected chi connectivity index (χ0v) is 11.5. The third-order valence-corrected chi connectivity index (χ3v) is 2.86. The molecule has 4 heteroatoms. The minimum Gasteiger partial charge on any atom is -0.450 e. The van der Waals surface area contributed by atoms with Crippen LogP contribution in [0, 0.1) is 0 Å². The number of hydrogen-bond donors (Lipinski definition) is 2. The Hall–Kier alpha value is -1.55. The summed E-state index contributed by atoms with van der Waals surface area (Å²) in [6.07, 6.45) is 3.13. The van der Waals surface area contributed by atoms with E-state index in [1.165, 1.54) is 0 Å². The summed E-state index contributed by atoms with van der Waals surface area (Å²) in [4.78, 5) is 11.4. The normalized spacial score (nSPS) is 11.9. The number of unbranched alkanes of at least 4 members (excludes halogenated alkanes) is 3. The van der Waals surface area contributed by atoms with Gasteiger partial charge in [0.1, 0.15) is 0 Å². The average Bonchev–Trinajstić information content (AvgIpc) is 2.45. The summed E-state index contributed by atoms with van der Waals surface area (Å²) in [5.41, 5.74) is 0.783. The molecule has 0 saturated heterocycles. The Kier molecular flexibility index (Phi) is 7.66. The molecule has 1 rings (SSSR count). The van der Waals surface area contributed by atoms with Crippen molar-refractivity contribution < 1.29 is 14.6 Å². The van der Waals surface area contributed by atoms with E-state index in [0.29, 0.717) is 6.61 Å². The van der Waals surface area contributed by atoms with Crippen LogP contribution < -0.4 is 5.32 Å². The summed E-state index contributed by atoms with van der Waals surface area (Å²) in [5, 5.41) is 12.4. The zero-order chi connectivity index (χ0) is 13.9. The van der Waals surface area contributed by atoms with Gasteiger partial charge in [0.15, 0.2) is 0 Å². The van der Waals surface area contributed by atoms with Gasteiger partial charge >= 0.3 is 6.09 Å². The molecular formula is C15H23NO3. The van der Waals surface area contributed by atoms with Crippen LogP contribution in [0.15, 0.2) is 30.3 Å². The maximum atomic E-state index is 11.4. The molecule has 1 aromatic rings. The number of aliphatic hydroxyl groups excluding tert-OH is 1. The largest absolute Gasteiger partial charge is 0.450 e. The fourth-order valence-electron chi connectivity index (χ4n) is 1.72. The number of aliphatic hydroxyl groups is 1. The lowest BCUT2D eigenvalue weighted by Crippen LogP contribution is -2.29. The van der Waals surface area contributed by atoms with Crippen LogP contribution in [0.1, 0.15) is 44.3 Å². The topological polar surface area (TPSA) is 58.6 Å². The van der Waals surface area contributed by atoms with Crippen LogP contribution in [0.3, 0.4) is 0 Å². The van der Waals surface area contributed by atoms with E-state index in [1.807, 2.05) is 30.3 Å². The van der Waals surface area contributed by atoms with Gasteiger partial charge in [-0.3, -0.25) is 0 Å². The van der Waals surface area contributed by atoms with Crippen molar-refractivity contribution in [3.05, 3.63) is 35.9 Å². The van der Waals surface area contributed by atoms with Crippen LogP contribution in [0.2, 0.25) is 0 Å². The number of hydrogen-bond acceptors (Lipinski definition) is 3. The van der Waals surface area contributed by atoms with Crippen molar-refractivity contribution in [1.82, 2.24) is 5.32 Å². The first kappa shape index (κ1) is 15.5. The van der Waals surface area contributed by atoms with Crippen molar-refractivity contribution in [1.29, 1.82) is 0 Å². The first-order chi connectivity index (χ1) is 9.24. The molecular weight excluding hydrogens is 242 g/mol. The van der Waals surface area contributed by atoms with Crippen LogP contribution in [0.5, 0.6) is 0 Å². The molecule has 0 radical (unpaired) electrons. The third kappa shape index (κ3) is 6.82. The van der Waals surface area contributed by atoms with Crippen molar-refractivity contribution >= 4 is 6.09 Å². The van der Waals surface area contributed by atoms with Gasteiger partial charge in [0.2, 0.25) is 0 Å². The van der Waals surface area contributed by atoms with Crippen molar-refractivity contribution in [2.24, 2.45) is 0 Å². The Morgan fingerprint density at radius 1 is 1.26 bits per heavy atom. The number of ether oxygens (including phenoxy) is 1. The summed E-state index contributed by atoms with van der Waals surface area (Å²) in [7, 11) is 0. The van der Waals surface area contributed by atoms with Crippen LogP contribution in [-0.2, 0) is 4.74 Å². The number of benzene rings is 1. The summed E-state index contributed by atoms with van der Waals surface area (Å²) < 4.78 is 5.01. The Bertz CT molecular complexity index is 354. The quantitative estimate of drug-likeness (QED) is 0.710. The van der Waals surface area contributed by atoms with Crippen LogP contribution in [-0.4, -0.2) is 24.4 Å². The van der Waals surface area contributed by atoms with E-state index in [4.69, 9.17) is 4.74 Å². The molecule has 0 aliphatic rings. The Morgan fingerprint density at radius 3 is 2.68 bits per heavy atom. The number of alkyl carbamates (subject to hydrolysis) is 1. The van der Waals surface area contributed by atoms with Gasteiger partial charge in [-0.25, -0.2) is 4.79 Å². The minimum atomic E-state index is -0.700. The van der Waals surface area contributed by atoms with Gasteiger partial charge in [0.05, 0.1) is 19.3 Å². The number of amides is 1. The molecule has 0 bridgehead atoms. The second-order valence-corrected chi connectivity index (χ2v) is 4.50. The van der Waals surface area contributed by atoms with E-state index >= 15 is 0 Å². The molecule has 106 valence electrons. The molecule has 0 aliphatic heterocycles. The van der Waals surface area contributed by atoms with Crippen molar-refractivity contribution in [2.45, 2.75) is 38.7 Å². The highest BCUT2D eigenvalue weighted by atomic mass is 16.5. The lowest BCUT2D eigenvalue weighted by molar-refractivity contribution is 0.129. The molecule has 4 nitrogen and oxygen atoms in total. The SMILES string of the molecule is CCCCCCOC(=O)NC[C@@H](O)c1ccccc1. The van der Waals surface area contributed by atoms with E-state index in [2.05, 4.69) is 12.2 Å². The Balaban J connectivity index is 2.13. The maximum absolute atomic E-state index is 11.4. The molecule has 2 N–H and O–H groups in total. The monoisotopic (exact) mass is 265 g/mol. The average molecular weight is 265 g/mol. The summed E-state index contributed by atoms with van der Waals surface area (Å²) >= 11 is 0. The van der Waals surface area contributed by atoms with Crippen LogP contribution >= 0.6 is 0 Å². The van der Waals surface area contributed by atoms with Gasteiger partial charge in [-0.1, -0.05) is 56.5 Å². The molecule has 0 fully saturated rings.